The molecule has 0 aliphatic rings. The highest BCUT2D eigenvalue weighted by Gasteiger charge is 2.25. The van der Waals surface area contributed by atoms with Gasteiger partial charge in [0.1, 0.15) is 6.10 Å². The van der Waals surface area contributed by atoms with Gasteiger partial charge in [-0.05, 0) is 12.2 Å². The van der Waals surface area contributed by atoms with Crippen LogP contribution in [0.25, 0.3) is 0 Å². The van der Waals surface area contributed by atoms with E-state index in [9.17, 15) is 15.0 Å². The van der Waals surface area contributed by atoms with Gasteiger partial charge in [0.2, 0.25) is 0 Å². The predicted octanol–water partition coefficient (Wildman–Crippen LogP) is 0.555. The van der Waals surface area contributed by atoms with E-state index in [2.05, 4.69) is 17.6 Å². The largest absolute Gasteiger partial charge is 0.476 e. The molecule has 0 saturated heterocycles. The topological polar surface area (TPSA) is 90.7 Å². The molecule has 1 aromatic heterocycles. The van der Waals surface area contributed by atoms with Crippen LogP contribution in [0.3, 0.4) is 0 Å². The average molecular weight is 249 g/mol. The Kier molecular flexibility index (Phi) is 4.52. The van der Waals surface area contributed by atoms with Crippen LogP contribution < -0.4 is 0 Å². The fourth-order valence-electron chi connectivity index (χ4n) is 1.09. The number of carboxylic acids is 1. The second-order valence-corrected chi connectivity index (χ2v) is 4.23. The van der Waals surface area contributed by atoms with Crippen molar-refractivity contribution < 1.29 is 20.1 Å². The first-order valence-electron chi connectivity index (χ1n) is 4.21. The summed E-state index contributed by atoms with van der Waals surface area (Å²) in [5.74, 6) is -0.789. The summed E-state index contributed by atoms with van der Waals surface area (Å²) in [6, 6.07) is 0. The Morgan fingerprint density at radius 1 is 1.60 bits per heavy atom. The Balaban J connectivity index is 2.85. The summed E-state index contributed by atoms with van der Waals surface area (Å²) in [4.78, 5) is 14.5. The highest BCUT2D eigenvalue weighted by Crippen LogP contribution is 2.26. The lowest BCUT2D eigenvalue weighted by molar-refractivity contribution is 0.0183. The van der Waals surface area contributed by atoms with Crippen molar-refractivity contribution in [3.63, 3.8) is 0 Å². The van der Waals surface area contributed by atoms with E-state index < -0.39 is 18.2 Å². The van der Waals surface area contributed by atoms with Gasteiger partial charge in [-0.15, -0.1) is 11.3 Å². The maximum absolute atomic E-state index is 10.7. The summed E-state index contributed by atoms with van der Waals surface area (Å²) >= 11 is 4.93. The molecule has 0 bridgehead atoms. The van der Waals surface area contributed by atoms with Crippen molar-refractivity contribution in [2.24, 2.45) is 0 Å². The standard InChI is InChI=1S/C8H11NO4S2/c10-4(1-2-14)6(11)7-5(8(12)13)9-3-15-7/h3-4,6,10-11,14H,1-2H2,(H,12,13). The van der Waals surface area contributed by atoms with Crippen molar-refractivity contribution in [3.8, 4) is 0 Å². The lowest BCUT2D eigenvalue weighted by atomic mass is 10.1. The highest BCUT2D eigenvalue weighted by molar-refractivity contribution is 7.80. The number of aromatic nitrogens is 1. The van der Waals surface area contributed by atoms with Crippen LogP contribution >= 0.6 is 24.0 Å². The van der Waals surface area contributed by atoms with Crippen molar-refractivity contribution in [3.05, 3.63) is 16.1 Å². The highest BCUT2D eigenvalue weighted by atomic mass is 32.1. The molecular weight excluding hydrogens is 238 g/mol. The first-order valence-corrected chi connectivity index (χ1v) is 5.72. The van der Waals surface area contributed by atoms with Gasteiger partial charge in [0.15, 0.2) is 5.69 Å². The van der Waals surface area contributed by atoms with E-state index in [1.54, 1.807) is 0 Å². The van der Waals surface area contributed by atoms with Crippen LogP contribution in [0, 0.1) is 0 Å². The molecule has 0 aromatic carbocycles. The molecule has 1 rings (SSSR count). The summed E-state index contributed by atoms with van der Waals surface area (Å²) in [7, 11) is 0. The van der Waals surface area contributed by atoms with Gasteiger partial charge in [0.25, 0.3) is 0 Å². The van der Waals surface area contributed by atoms with Gasteiger partial charge in [-0.25, -0.2) is 9.78 Å². The lowest BCUT2D eigenvalue weighted by Crippen LogP contribution is -2.19. The number of aromatic carboxylic acids is 1. The van der Waals surface area contributed by atoms with Gasteiger partial charge < -0.3 is 15.3 Å². The number of carboxylic acid groups (broad SMARTS) is 1. The third-order valence-corrected chi connectivity index (χ3v) is 3.01. The van der Waals surface area contributed by atoms with Crippen LogP contribution in [0.4, 0.5) is 0 Å². The van der Waals surface area contributed by atoms with E-state index in [4.69, 9.17) is 5.11 Å². The molecule has 15 heavy (non-hydrogen) atoms. The molecule has 0 amide bonds. The zero-order valence-electron chi connectivity index (χ0n) is 7.70. The maximum Gasteiger partial charge on any atom is 0.355 e. The van der Waals surface area contributed by atoms with Crippen LogP contribution in [-0.2, 0) is 0 Å². The Morgan fingerprint density at radius 2 is 2.27 bits per heavy atom. The number of rotatable bonds is 5. The van der Waals surface area contributed by atoms with Gasteiger partial charge in [-0.1, -0.05) is 0 Å². The molecule has 0 spiro atoms. The Morgan fingerprint density at radius 3 is 2.80 bits per heavy atom. The van der Waals surface area contributed by atoms with Crippen LogP contribution in [-0.4, -0.2) is 38.1 Å². The fraction of sp³-hybridized carbons (Fsp3) is 0.500. The molecule has 0 saturated carbocycles. The normalized spacial score (nSPS) is 14.9. The first-order chi connectivity index (χ1) is 7.07. The van der Waals surface area contributed by atoms with Crippen molar-refractivity contribution in [1.29, 1.82) is 0 Å². The molecule has 1 aromatic rings. The smallest absolute Gasteiger partial charge is 0.355 e. The zero-order valence-corrected chi connectivity index (χ0v) is 9.41. The molecule has 3 N–H and O–H groups in total. The van der Waals surface area contributed by atoms with Crippen LogP contribution in [0.1, 0.15) is 27.9 Å². The third-order valence-electron chi connectivity index (χ3n) is 1.86. The maximum atomic E-state index is 10.7. The molecule has 0 aliphatic carbocycles. The molecule has 1 heterocycles. The fourth-order valence-corrected chi connectivity index (χ4v) is 2.17. The molecule has 84 valence electrons. The Bertz CT molecular complexity index is 341. The molecular formula is C8H11NO4S2. The minimum atomic E-state index is -1.21. The number of thiol groups is 1. The molecule has 7 heteroatoms. The van der Waals surface area contributed by atoms with E-state index in [0.29, 0.717) is 12.2 Å². The lowest BCUT2D eigenvalue weighted by Gasteiger charge is -2.15. The van der Waals surface area contributed by atoms with Crippen molar-refractivity contribution in [2.45, 2.75) is 18.6 Å². The van der Waals surface area contributed by atoms with Crippen molar-refractivity contribution >= 4 is 29.9 Å². The van der Waals surface area contributed by atoms with E-state index >= 15 is 0 Å². The van der Waals surface area contributed by atoms with E-state index in [-0.39, 0.29) is 10.6 Å². The molecule has 0 aliphatic heterocycles. The van der Waals surface area contributed by atoms with E-state index in [0.717, 1.165) is 11.3 Å². The SMILES string of the molecule is O=C(O)c1ncsc1C(O)C(O)CCS. The van der Waals surface area contributed by atoms with E-state index in [1.807, 2.05) is 0 Å². The summed E-state index contributed by atoms with van der Waals surface area (Å²) in [5.41, 5.74) is 1.13. The van der Waals surface area contributed by atoms with Gasteiger partial charge >= 0.3 is 5.97 Å². The molecule has 0 fully saturated rings. The minimum absolute atomic E-state index is 0.178. The van der Waals surface area contributed by atoms with Crippen molar-refractivity contribution in [1.82, 2.24) is 4.98 Å². The van der Waals surface area contributed by atoms with E-state index in [1.165, 1.54) is 5.51 Å². The summed E-state index contributed by atoms with van der Waals surface area (Å²) < 4.78 is 0. The Hall–Kier alpha value is -0.630. The predicted molar refractivity (Wildman–Crippen MR) is 58.5 cm³/mol. The number of hydrogen-bond donors (Lipinski definition) is 4. The second-order valence-electron chi connectivity index (χ2n) is 2.89. The quantitative estimate of drug-likeness (QED) is 0.572. The van der Waals surface area contributed by atoms with Crippen molar-refractivity contribution in [2.75, 3.05) is 5.75 Å². The second kappa shape index (κ2) is 5.45. The zero-order chi connectivity index (χ0) is 11.4. The summed E-state index contributed by atoms with van der Waals surface area (Å²) in [6.45, 7) is 0. The van der Waals surface area contributed by atoms with Gasteiger partial charge in [0, 0.05) is 0 Å². The van der Waals surface area contributed by atoms with Crippen LogP contribution in [0.15, 0.2) is 5.51 Å². The number of aliphatic hydroxyl groups excluding tert-OH is 2. The number of nitrogens with zero attached hydrogens (tertiary/aromatic N) is 1. The van der Waals surface area contributed by atoms with Gasteiger partial charge in [-0.3, -0.25) is 0 Å². The first kappa shape index (κ1) is 12.4. The van der Waals surface area contributed by atoms with Crippen LogP contribution in [0.2, 0.25) is 0 Å². The van der Waals surface area contributed by atoms with Crippen LogP contribution in [0.5, 0.6) is 0 Å². The summed E-state index contributed by atoms with van der Waals surface area (Å²) in [5, 5.41) is 27.9. The summed E-state index contributed by atoms with van der Waals surface area (Å²) in [6.07, 6.45) is -1.93. The van der Waals surface area contributed by atoms with Gasteiger partial charge in [-0.2, -0.15) is 12.6 Å². The molecule has 2 atom stereocenters. The number of thiazole rings is 1. The number of carbonyl (C=O) groups is 1. The number of hydrogen-bond acceptors (Lipinski definition) is 6. The Labute approximate surface area is 95.8 Å². The molecule has 2 unspecified atom stereocenters. The third kappa shape index (κ3) is 2.91. The minimum Gasteiger partial charge on any atom is -0.476 e. The monoisotopic (exact) mass is 249 g/mol. The average Bonchev–Trinajstić information content (AvgIpc) is 2.65. The van der Waals surface area contributed by atoms with Gasteiger partial charge in [0.05, 0.1) is 16.5 Å². The number of aliphatic hydroxyl groups is 2. The molecule has 5 nitrogen and oxygen atoms in total. The molecule has 0 radical (unpaired) electrons.